The Morgan fingerprint density at radius 2 is 0.700 bits per heavy atom. The van der Waals surface area contributed by atoms with Crippen molar-refractivity contribution in [1.82, 2.24) is 19.9 Å². The number of hydrogen-bond donors (Lipinski definition) is 8. The first-order valence-electron chi connectivity index (χ1n) is 15.8. The van der Waals surface area contributed by atoms with E-state index in [0.29, 0.717) is 16.7 Å². The lowest BCUT2D eigenvalue weighted by molar-refractivity contribution is -0.138. The number of nitrogens with one attached hydrogen (secondary N) is 4. The number of aromatic nitrogens is 4. The Bertz CT molecular complexity index is 2220. The van der Waals surface area contributed by atoms with Gasteiger partial charge in [-0.05, 0) is 122 Å². The van der Waals surface area contributed by atoms with E-state index in [1.165, 1.54) is 0 Å². The zero-order valence-electron chi connectivity index (χ0n) is 28.2. The highest BCUT2D eigenvalue weighted by atomic mass is 35.5. The molecule has 0 aliphatic carbocycles. The van der Waals surface area contributed by atoms with Crippen LogP contribution in [0.4, 0.5) is 0 Å². The monoisotopic (exact) mass is 728 g/mol. The molecular weight excluding hydrogens is 687 g/mol. The fraction of sp³-hybridized carbons (Fsp3) is 0.333. The molecule has 1 aliphatic rings. The number of carbonyl (C=O) groups is 4. The largest absolute Gasteiger partial charge is 0.481 e. The third-order valence-electron chi connectivity index (χ3n) is 9.31. The third kappa shape index (κ3) is 8.43. The van der Waals surface area contributed by atoms with Crippen LogP contribution in [0.5, 0.6) is 0 Å². The van der Waals surface area contributed by atoms with E-state index >= 15 is 0 Å². The predicted molar refractivity (Wildman–Crippen MR) is 193 cm³/mol. The topological polar surface area (TPSA) is 212 Å². The van der Waals surface area contributed by atoms with E-state index in [-0.39, 0.29) is 76.2 Å². The van der Waals surface area contributed by atoms with Gasteiger partial charge < -0.3 is 40.4 Å². The van der Waals surface area contributed by atoms with E-state index in [0.717, 1.165) is 71.9 Å². The summed E-state index contributed by atoms with van der Waals surface area (Å²) < 4.78 is 0. The average Bonchev–Trinajstić information content (AvgIpc) is 3.66. The molecule has 8 bridgehead atoms. The molecule has 1 aliphatic heterocycles. The minimum absolute atomic E-state index is 0. The van der Waals surface area contributed by atoms with Crippen molar-refractivity contribution < 1.29 is 39.6 Å². The van der Waals surface area contributed by atoms with Crippen LogP contribution < -0.4 is 21.4 Å². The summed E-state index contributed by atoms with van der Waals surface area (Å²) in [6.45, 7) is 7.69. The van der Waals surface area contributed by atoms with E-state index in [4.69, 9.17) is 0 Å². The van der Waals surface area contributed by atoms with Crippen LogP contribution in [0.3, 0.4) is 0 Å². The van der Waals surface area contributed by atoms with Gasteiger partial charge in [-0.25, -0.2) is 0 Å². The number of halogens is 2. The molecule has 5 rings (SSSR count). The van der Waals surface area contributed by atoms with Crippen LogP contribution in [0.15, 0.2) is 0 Å². The number of carboxylic acids is 4. The Morgan fingerprint density at radius 3 is 1.04 bits per heavy atom. The molecule has 14 heteroatoms. The molecule has 268 valence electrons. The van der Waals surface area contributed by atoms with Crippen molar-refractivity contribution in [3.63, 3.8) is 0 Å². The van der Waals surface area contributed by atoms with Crippen LogP contribution in [0.25, 0.3) is 24.3 Å². The van der Waals surface area contributed by atoms with Crippen molar-refractivity contribution in [2.75, 3.05) is 0 Å². The first kappa shape index (κ1) is 39.5. The lowest BCUT2D eigenvalue weighted by atomic mass is 10.0. The second-order valence-corrected chi connectivity index (χ2v) is 12.4. The zero-order valence-corrected chi connectivity index (χ0v) is 29.8. The molecule has 4 aromatic heterocycles. The SMILES string of the molecule is Cc1c2[nH]c(c1CCC(=O)O)C=c1[nH]c(c(CCC(=O)O)c1C)=Cc1[nH]c(c(C)c1CCC(=O)O)C=c1[nH]c(c(CCC(=O)O)c1C)=C2.Cl.Cl. The summed E-state index contributed by atoms with van der Waals surface area (Å²) in [5.41, 5.74) is 9.64. The number of rotatable bonds is 12. The summed E-state index contributed by atoms with van der Waals surface area (Å²) in [5, 5.41) is 40.9. The number of hydrogen-bond acceptors (Lipinski definition) is 4. The second kappa shape index (κ2) is 16.2. The van der Waals surface area contributed by atoms with Crippen LogP contribution in [0, 0.1) is 27.7 Å². The number of H-pyrrole nitrogens is 4. The van der Waals surface area contributed by atoms with Crippen LogP contribution in [-0.2, 0) is 44.9 Å². The summed E-state index contributed by atoms with van der Waals surface area (Å²) in [6, 6.07) is 0. The summed E-state index contributed by atoms with van der Waals surface area (Å²) in [7, 11) is 0. The molecule has 50 heavy (non-hydrogen) atoms. The van der Waals surface area contributed by atoms with Gasteiger partial charge in [0.25, 0.3) is 0 Å². The quantitative estimate of drug-likeness (QED) is 0.0955. The molecule has 0 aromatic carbocycles. The van der Waals surface area contributed by atoms with Gasteiger partial charge in [-0.3, -0.25) is 19.2 Å². The van der Waals surface area contributed by atoms with Crippen molar-refractivity contribution in [1.29, 1.82) is 0 Å². The summed E-state index contributed by atoms with van der Waals surface area (Å²) in [6.07, 6.45) is 8.44. The lowest BCUT2D eigenvalue weighted by Gasteiger charge is -2.02. The van der Waals surface area contributed by atoms with Crippen molar-refractivity contribution in [3.8, 4) is 0 Å². The molecule has 0 atom stereocenters. The smallest absolute Gasteiger partial charge is 0.303 e. The van der Waals surface area contributed by atoms with Crippen LogP contribution in [-0.4, -0.2) is 64.2 Å². The molecule has 12 nitrogen and oxygen atoms in total. The molecule has 0 saturated carbocycles. The van der Waals surface area contributed by atoms with Gasteiger partial charge in [0, 0.05) is 69.9 Å². The standard InChI is InChI=1S/C36H40N4O8.2ClH/c1-17-21(5-9-33(41)42)29-14-27-19(3)22(6-10-34(43)44)30(39-27)15-28-20(4)24(8-12-36(47)48)32(40-28)16-31-23(7-11-35(45)46)18(2)26(38-31)13-25(17)37-29;;/h13-16,37-40H,5-12H2,1-4H3,(H,41,42)(H,43,44)(H,45,46)(H,47,48);2*1H. The normalized spacial score (nSPS) is 11.6. The van der Waals surface area contributed by atoms with E-state index < -0.39 is 23.9 Å². The molecular formula is C36H42Cl2N4O8. The highest BCUT2D eigenvalue weighted by Crippen LogP contribution is 2.24. The Morgan fingerprint density at radius 1 is 0.420 bits per heavy atom. The maximum atomic E-state index is 11.6. The molecule has 0 saturated heterocycles. The van der Waals surface area contributed by atoms with Gasteiger partial charge in [-0.2, -0.15) is 0 Å². The Balaban J connectivity index is 0.00000338. The first-order chi connectivity index (χ1) is 22.7. The molecule has 0 unspecified atom stereocenters. The van der Waals surface area contributed by atoms with E-state index in [1.54, 1.807) is 0 Å². The highest BCUT2D eigenvalue weighted by Gasteiger charge is 2.19. The summed E-state index contributed by atoms with van der Waals surface area (Å²) >= 11 is 0. The first-order valence-corrected chi connectivity index (χ1v) is 15.8. The van der Waals surface area contributed by atoms with E-state index in [9.17, 15) is 39.6 Å². The fourth-order valence-corrected chi connectivity index (χ4v) is 6.58. The van der Waals surface area contributed by atoms with Crippen molar-refractivity contribution in [2.24, 2.45) is 0 Å². The van der Waals surface area contributed by atoms with Crippen LogP contribution in [0.2, 0.25) is 0 Å². The Hall–Kier alpha value is -4.94. The number of carboxylic acid groups (broad SMARTS) is 4. The van der Waals surface area contributed by atoms with Gasteiger partial charge in [-0.1, -0.05) is 0 Å². The average molecular weight is 730 g/mol. The van der Waals surface area contributed by atoms with Crippen LogP contribution in [0.1, 0.15) is 93.0 Å². The van der Waals surface area contributed by atoms with E-state index in [2.05, 4.69) is 19.9 Å². The van der Waals surface area contributed by atoms with Gasteiger partial charge in [-0.15, -0.1) is 24.8 Å². The number of aromatic amines is 4. The molecule has 4 aromatic rings. The van der Waals surface area contributed by atoms with Crippen molar-refractivity contribution in [2.45, 2.75) is 79.1 Å². The second-order valence-electron chi connectivity index (χ2n) is 12.4. The maximum Gasteiger partial charge on any atom is 0.303 e. The minimum Gasteiger partial charge on any atom is -0.481 e. The summed E-state index contributed by atoms with van der Waals surface area (Å²) in [5.74, 6) is -3.70. The number of fused-ring (bicyclic) bond motifs is 8. The fourth-order valence-electron chi connectivity index (χ4n) is 6.58. The van der Waals surface area contributed by atoms with Gasteiger partial charge in [0.1, 0.15) is 0 Å². The van der Waals surface area contributed by atoms with Crippen molar-refractivity contribution in [3.05, 3.63) is 88.7 Å². The third-order valence-corrected chi connectivity index (χ3v) is 9.31. The molecule has 5 heterocycles. The van der Waals surface area contributed by atoms with Crippen molar-refractivity contribution >= 4 is 73.0 Å². The lowest BCUT2D eigenvalue weighted by Crippen LogP contribution is -2.14. The van der Waals surface area contributed by atoms with E-state index in [1.807, 2.05) is 52.0 Å². The molecule has 0 spiro atoms. The molecule has 8 N–H and O–H groups in total. The molecule has 0 amide bonds. The predicted octanol–water partition coefficient (Wildman–Crippen LogP) is 2.77. The molecule has 0 radical (unpaired) electrons. The number of aliphatic carboxylic acids is 4. The Kier molecular flexibility index (Phi) is 12.8. The van der Waals surface area contributed by atoms with Gasteiger partial charge in [0.05, 0.1) is 0 Å². The summed E-state index contributed by atoms with van der Waals surface area (Å²) in [4.78, 5) is 60.3. The zero-order chi connectivity index (χ0) is 34.9. The van der Waals surface area contributed by atoms with Crippen LogP contribution >= 0.6 is 24.8 Å². The Labute approximate surface area is 299 Å². The molecule has 0 fully saturated rings. The highest BCUT2D eigenvalue weighted by molar-refractivity contribution is 5.85. The minimum atomic E-state index is -0.931. The maximum absolute atomic E-state index is 11.6. The van der Waals surface area contributed by atoms with Gasteiger partial charge in [0.2, 0.25) is 0 Å². The van der Waals surface area contributed by atoms with Gasteiger partial charge in [0.15, 0.2) is 0 Å². The van der Waals surface area contributed by atoms with Gasteiger partial charge >= 0.3 is 23.9 Å².